The number of nitrogens with zero attached hydrogens (tertiary/aromatic N) is 2. The number of aliphatic imine (C=N–C) groups is 1. The predicted molar refractivity (Wildman–Crippen MR) is 135 cm³/mol. The van der Waals surface area contributed by atoms with Gasteiger partial charge in [0.15, 0.2) is 5.96 Å². The molecule has 5 nitrogen and oxygen atoms in total. The second kappa shape index (κ2) is 13.0. The number of rotatable bonds is 8. The zero-order valence-electron chi connectivity index (χ0n) is 17.4. The third-order valence-electron chi connectivity index (χ3n) is 4.88. The molecule has 1 aliphatic rings. The van der Waals surface area contributed by atoms with Crippen molar-refractivity contribution in [1.29, 1.82) is 0 Å². The molecule has 0 spiro atoms. The fourth-order valence-electron chi connectivity index (χ4n) is 3.46. The first kappa shape index (κ1) is 23.8. The summed E-state index contributed by atoms with van der Waals surface area (Å²) in [7, 11) is 0. The molecule has 0 unspecified atom stereocenters. The summed E-state index contributed by atoms with van der Waals surface area (Å²) in [6.45, 7) is 8.65. The molecule has 1 saturated heterocycles. The van der Waals surface area contributed by atoms with Gasteiger partial charge in [0.1, 0.15) is 5.75 Å². The van der Waals surface area contributed by atoms with E-state index < -0.39 is 0 Å². The van der Waals surface area contributed by atoms with Crippen LogP contribution in [0.5, 0.6) is 5.75 Å². The van der Waals surface area contributed by atoms with Gasteiger partial charge in [0.2, 0.25) is 0 Å². The van der Waals surface area contributed by atoms with Crippen LogP contribution in [0.2, 0.25) is 0 Å². The predicted octanol–water partition coefficient (Wildman–Crippen LogP) is 4.53. The lowest BCUT2D eigenvalue weighted by molar-refractivity contribution is 0.340. The maximum atomic E-state index is 5.58. The molecule has 1 aromatic heterocycles. The maximum absolute atomic E-state index is 5.58. The Morgan fingerprint density at radius 1 is 1.21 bits per heavy atom. The van der Waals surface area contributed by atoms with Gasteiger partial charge in [0.05, 0.1) is 11.6 Å². The zero-order chi connectivity index (χ0) is 19.6. The van der Waals surface area contributed by atoms with E-state index in [0.29, 0.717) is 12.6 Å². The van der Waals surface area contributed by atoms with Crippen molar-refractivity contribution in [3.63, 3.8) is 0 Å². The van der Waals surface area contributed by atoms with Crippen LogP contribution in [0.25, 0.3) is 0 Å². The summed E-state index contributed by atoms with van der Waals surface area (Å²) in [6, 6.07) is 13.1. The van der Waals surface area contributed by atoms with Crippen LogP contribution in [0.1, 0.15) is 32.3 Å². The van der Waals surface area contributed by atoms with E-state index >= 15 is 0 Å². The Labute approximate surface area is 196 Å². The molecule has 160 valence electrons. The molecule has 2 N–H and O–H groups in total. The molecule has 0 saturated carbocycles. The zero-order valence-corrected chi connectivity index (χ0v) is 20.5. The van der Waals surface area contributed by atoms with E-state index in [0.717, 1.165) is 57.2 Å². The van der Waals surface area contributed by atoms with Crippen molar-refractivity contribution in [2.45, 2.75) is 39.2 Å². The molecule has 0 bridgehead atoms. The Hall–Kier alpha value is -1.48. The van der Waals surface area contributed by atoms with Gasteiger partial charge in [-0.3, -0.25) is 4.99 Å². The number of anilines is 1. The van der Waals surface area contributed by atoms with Gasteiger partial charge < -0.3 is 20.3 Å². The second-order valence-electron chi connectivity index (χ2n) is 6.95. The number of benzene rings is 1. The number of ether oxygens (including phenoxy) is 1. The Morgan fingerprint density at radius 3 is 2.72 bits per heavy atom. The highest BCUT2D eigenvalue weighted by Crippen LogP contribution is 2.24. The monoisotopic (exact) mass is 528 g/mol. The topological polar surface area (TPSA) is 48.9 Å². The lowest BCUT2D eigenvalue weighted by Crippen LogP contribution is -2.48. The molecule has 0 amide bonds. The largest absolute Gasteiger partial charge is 0.494 e. The summed E-state index contributed by atoms with van der Waals surface area (Å²) >= 11 is 1.83. The van der Waals surface area contributed by atoms with E-state index in [1.54, 1.807) is 0 Å². The third-order valence-corrected chi connectivity index (χ3v) is 5.81. The van der Waals surface area contributed by atoms with Gasteiger partial charge in [-0.25, -0.2) is 0 Å². The Balaban J connectivity index is 0.00000300. The molecule has 2 aromatic rings. The normalized spacial score (nSPS) is 15.0. The number of hydrogen-bond acceptors (Lipinski definition) is 4. The minimum absolute atomic E-state index is 0. The van der Waals surface area contributed by atoms with Crippen molar-refractivity contribution >= 4 is 46.3 Å². The van der Waals surface area contributed by atoms with E-state index in [2.05, 4.69) is 58.2 Å². The van der Waals surface area contributed by atoms with Crippen molar-refractivity contribution in [1.82, 2.24) is 10.6 Å². The Kier molecular flexibility index (Phi) is 10.6. The van der Waals surface area contributed by atoms with Gasteiger partial charge in [-0.2, -0.15) is 0 Å². The number of guanidine groups is 1. The van der Waals surface area contributed by atoms with Crippen LogP contribution in [-0.2, 0) is 6.42 Å². The van der Waals surface area contributed by atoms with E-state index in [4.69, 9.17) is 9.73 Å². The highest BCUT2D eigenvalue weighted by atomic mass is 127. The maximum Gasteiger partial charge on any atom is 0.191 e. The average molecular weight is 529 g/mol. The number of piperidine rings is 1. The van der Waals surface area contributed by atoms with Crippen molar-refractivity contribution in [3.05, 3.63) is 47.3 Å². The average Bonchev–Trinajstić information content (AvgIpc) is 3.24. The van der Waals surface area contributed by atoms with Gasteiger partial charge in [0.25, 0.3) is 0 Å². The summed E-state index contributed by atoms with van der Waals surface area (Å²) < 4.78 is 5.58. The van der Waals surface area contributed by atoms with Gasteiger partial charge >= 0.3 is 0 Å². The Bertz CT molecular complexity index is 730. The van der Waals surface area contributed by atoms with Crippen LogP contribution in [0.3, 0.4) is 0 Å². The first-order valence-corrected chi connectivity index (χ1v) is 11.2. The molecule has 2 heterocycles. The summed E-state index contributed by atoms with van der Waals surface area (Å²) in [5.41, 5.74) is 1.26. The van der Waals surface area contributed by atoms with Crippen molar-refractivity contribution in [2.24, 2.45) is 4.99 Å². The van der Waals surface area contributed by atoms with Crippen molar-refractivity contribution < 1.29 is 4.74 Å². The van der Waals surface area contributed by atoms with E-state index in [1.807, 2.05) is 24.3 Å². The summed E-state index contributed by atoms with van der Waals surface area (Å²) in [5.74, 6) is 1.87. The fourth-order valence-corrected chi connectivity index (χ4v) is 4.25. The van der Waals surface area contributed by atoms with Crippen LogP contribution in [0, 0.1) is 0 Å². The first-order chi connectivity index (χ1) is 13.8. The van der Waals surface area contributed by atoms with Crippen LogP contribution in [0.15, 0.2) is 46.8 Å². The molecule has 1 aromatic carbocycles. The minimum atomic E-state index is 0. The van der Waals surface area contributed by atoms with E-state index in [9.17, 15) is 0 Å². The lowest BCUT2D eigenvalue weighted by atomic mass is 10.1. The lowest BCUT2D eigenvalue weighted by Gasteiger charge is -2.33. The molecule has 0 radical (unpaired) electrons. The SMILES string of the molecule is CCNC(=NCCc1cccc(OCC)c1)NC1CCN(c2cccs2)CC1.I. The van der Waals surface area contributed by atoms with Gasteiger partial charge in [0, 0.05) is 32.2 Å². The highest BCUT2D eigenvalue weighted by Gasteiger charge is 2.20. The molecular weight excluding hydrogens is 495 g/mol. The van der Waals surface area contributed by atoms with Crippen LogP contribution in [0.4, 0.5) is 5.00 Å². The molecule has 3 rings (SSSR count). The Morgan fingerprint density at radius 2 is 2.03 bits per heavy atom. The van der Waals surface area contributed by atoms with Crippen molar-refractivity contribution in [3.8, 4) is 5.75 Å². The molecular formula is C22H33IN4OS. The van der Waals surface area contributed by atoms with Gasteiger partial charge in [-0.15, -0.1) is 35.3 Å². The smallest absolute Gasteiger partial charge is 0.191 e. The molecule has 0 aliphatic carbocycles. The molecule has 1 aliphatic heterocycles. The molecule has 29 heavy (non-hydrogen) atoms. The fraction of sp³-hybridized carbons (Fsp3) is 0.500. The number of thiophene rings is 1. The first-order valence-electron chi connectivity index (χ1n) is 10.3. The van der Waals surface area contributed by atoms with Crippen LogP contribution in [-0.4, -0.2) is 44.8 Å². The van der Waals surface area contributed by atoms with Crippen molar-refractivity contribution in [2.75, 3.05) is 37.7 Å². The number of nitrogens with one attached hydrogen (secondary N) is 2. The van der Waals surface area contributed by atoms with Gasteiger partial charge in [-0.1, -0.05) is 12.1 Å². The second-order valence-corrected chi connectivity index (χ2v) is 7.87. The van der Waals surface area contributed by atoms with E-state index in [1.165, 1.54) is 10.6 Å². The quantitative estimate of drug-likeness (QED) is 0.300. The molecule has 1 fully saturated rings. The molecule has 7 heteroatoms. The third kappa shape index (κ3) is 7.70. The highest BCUT2D eigenvalue weighted by molar-refractivity contribution is 14.0. The van der Waals surface area contributed by atoms with Crippen LogP contribution < -0.4 is 20.3 Å². The van der Waals surface area contributed by atoms with Gasteiger partial charge in [-0.05, 0) is 68.3 Å². The standard InChI is InChI=1S/C22H32N4OS.HI/c1-3-23-22(24-13-10-18-7-5-8-20(17-18)27-4-2)25-19-11-14-26(15-12-19)21-9-6-16-28-21;/h5-9,16-17,19H,3-4,10-15H2,1-2H3,(H2,23,24,25);1H. The number of halogens is 1. The summed E-state index contributed by atoms with van der Waals surface area (Å²) in [5, 5.41) is 10.6. The minimum Gasteiger partial charge on any atom is -0.494 e. The molecule has 0 atom stereocenters. The van der Waals surface area contributed by atoms with E-state index in [-0.39, 0.29) is 24.0 Å². The van der Waals surface area contributed by atoms with Crippen LogP contribution >= 0.6 is 35.3 Å². The summed E-state index contributed by atoms with van der Waals surface area (Å²) in [6.07, 6.45) is 3.19. The number of hydrogen-bond donors (Lipinski definition) is 2. The summed E-state index contributed by atoms with van der Waals surface area (Å²) in [4.78, 5) is 7.27.